The molecule has 86 heavy (non-hydrogen) atoms. The molecule has 0 aliphatic rings. The van der Waals surface area contributed by atoms with Crippen LogP contribution in [-0.4, -0.2) is 14.1 Å². The molecule has 0 N–H and O–H groups in total. The zero-order valence-corrected chi connectivity index (χ0v) is 48.3. The van der Waals surface area contributed by atoms with Crippen LogP contribution >= 0.6 is 0 Å². The van der Waals surface area contributed by atoms with Crippen molar-refractivity contribution in [1.82, 2.24) is 0 Å². The van der Waals surface area contributed by atoms with Crippen molar-refractivity contribution in [3.05, 3.63) is 352 Å². The number of fused-ring (bicyclic) bond motifs is 2. The summed E-state index contributed by atoms with van der Waals surface area (Å²) >= 11 is 0. The highest BCUT2D eigenvalue weighted by atomic mass is 15.1. The highest BCUT2D eigenvalue weighted by Gasteiger charge is 2.16. The molecule has 0 amide bonds. The third-order valence-corrected chi connectivity index (χ3v) is 16.2. The normalized spacial score (nSPS) is 10.9. The highest BCUT2D eigenvalue weighted by molar-refractivity contribution is 5.96. The van der Waals surface area contributed by atoms with Crippen molar-refractivity contribution in [3.63, 3.8) is 0 Å². The van der Waals surface area contributed by atoms with Crippen LogP contribution in [0.25, 0.3) is 66.1 Å². The average Bonchev–Trinajstić information content (AvgIpc) is 2.96. The Morgan fingerprint density at radius 1 is 0.174 bits per heavy atom. The summed E-state index contributed by atoms with van der Waals surface area (Å²) in [6.45, 7) is 0. The number of para-hydroxylation sites is 2. The van der Waals surface area contributed by atoms with E-state index in [2.05, 4.69) is 386 Å². The number of benzene rings is 14. The molecule has 412 valence electrons. The zero-order chi connectivity index (χ0) is 58.0. The maximum Gasteiger partial charge on any atom is 0.0487 e. The van der Waals surface area contributed by atoms with E-state index in [0.29, 0.717) is 0 Å². The molecule has 0 unspecified atom stereocenters. The molecular formula is C82H64N4. The molecule has 0 aliphatic carbocycles. The second-order valence-electron chi connectivity index (χ2n) is 21.5. The third-order valence-electron chi connectivity index (χ3n) is 16.2. The molecule has 14 rings (SSSR count). The standard InChI is InChI=1S/2C41H32N2/c1-42(41-18-10-14-35-13-8-9-17-40(35)41)36-25-19-33(20-26-36)34-23-29-39(30-24-34)43(37-15-6-3-7-16-37)38-27-21-32(22-28-38)31-11-4-2-5-12-31;1-42(41-29-22-32-12-8-9-13-36(32)30-41)37-23-16-34(17-24-37)35-20-27-40(28-21-35)43(38-14-6-3-7-15-38)39-25-18-33(19-26-39)31-10-4-2-5-11-31/h2*2-30H,1H3. The van der Waals surface area contributed by atoms with Crippen molar-refractivity contribution >= 4 is 78.4 Å². The Kier molecular flexibility index (Phi) is 15.8. The molecule has 0 bridgehead atoms. The van der Waals surface area contributed by atoms with Crippen LogP contribution in [0.5, 0.6) is 0 Å². The van der Waals surface area contributed by atoms with Gasteiger partial charge in [0, 0.05) is 76.4 Å². The van der Waals surface area contributed by atoms with Gasteiger partial charge in [-0.05, 0) is 176 Å². The van der Waals surface area contributed by atoms with Gasteiger partial charge in [0.25, 0.3) is 0 Å². The monoisotopic (exact) mass is 1100 g/mol. The number of anilines is 10. The first-order valence-electron chi connectivity index (χ1n) is 29.3. The molecule has 0 aromatic heterocycles. The molecule has 0 aliphatic heterocycles. The number of rotatable bonds is 14. The SMILES string of the molecule is CN(c1ccc(-c2ccc(N(c3ccccc3)c3ccc(-c4ccccc4)cc3)cc2)cc1)c1ccc2ccccc2c1.CN(c1ccc(-c2ccc(N(c3ccccc3)c3ccc(-c4ccccc4)cc3)cc2)cc1)c1cccc2ccccc12. The van der Waals surface area contributed by atoms with Gasteiger partial charge in [-0.15, -0.1) is 0 Å². The quantitative estimate of drug-likeness (QED) is 0.108. The van der Waals surface area contributed by atoms with Crippen molar-refractivity contribution in [1.29, 1.82) is 0 Å². The maximum absolute atomic E-state index is 2.31. The Bertz CT molecular complexity index is 4470. The van der Waals surface area contributed by atoms with Crippen LogP contribution in [0.1, 0.15) is 0 Å². The van der Waals surface area contributed by atoms with E-state index in [1.807, 2.05) is 0 Å². The van der Waals surface area contributed by atoms with E-state index in [9.17, 15) is 0 Å². The van der Waals surface area contributed by atoms with E-state index in [1.165, 1.54) is 77.4 Å². The van der Waals surface area contributed by atoms with E-state index in [-0.39, 0.29) is 0 Å². The number of hydrogen-bond acceptors (Lipinski definition) is 4. The predicted octanol–water partition coefficient (Wildman–Crippen LogP) is 22.8. The van der Waals surface area contributed by atoms with Gasteiger partial charge < -0.3 is 19.6 Å². The van der Waals surface area contributed by atoms with E-state index in [4.69, 9.17) is 0 Å². The van der Waals surface area contributed by atoms with Gasteiger partial charge in [0.1, 0.15) is 0 Å². The molecular weight excluding hydrogens is 1040 g/mol. The van der Waals surface area contributed by atoms with Crippen LogP contribution in [0, 0.1) is 0 Å². The first kappa shape index (κ1) is 54.1. The minimum absolute atomic E-state index is 1.12. The third kappa shape index (κ3) is 11.9. The second kappa shape index (κ2) is 25.1. The molecule has 0 fully saturated rings. The Morgan fingerprint density at radius 2 is 0.453 bits per heavy atom. The first-order valence-corrected chi connectivity index (χ1v) is 29.3. The van der Waals surface area contributed by atoms with Gasteiger partial charge in [-0.2, -0.15) is 0 Å². The van der Waals surface area contributed by atoms with E-state index in [0.717, 1.165) is 45.5 Å². The Labute approximate surface area is 505 Å². The van der Waals surface area contributed by atoms with Gasteiger partial charge >= 0.3 is 0 Å². The number of nitrogens with zero attached hydrogens (tertiary/aromatic N) is 4. The summed E-state index contributed by atoms with van der Waals surface area (Å²) in [4.78, 5) is 9.11. The van der Waals surface area contributed by atoms with Crippen LogP contribution in [0.2, 0.25) is 0 Å². The summed E-state index contributed by atoms with van der Waals surface area (Å²) < 4.78 is 0. The van der Waals surface area contributed by atoms with Gasteiger partial charge in [0.05, 0.1) is 0 Å². The van der Waals surface area contributed by atoms with Crippen molar-refractivity contribution in [3.8, 4) is 44.5 Å². The molecule has 14 aromatic rings. The molecule has 0 atom stereocenters. The Balaban J connectivity index is 0.000000160. The van der Waals surface area contributed by atoms with E-state index >= 15 is 0 Å². The molecule has 0 saturated heterocycles. The van der Waals surface area contributed by atoms with Crippen LogP contribution < -0.4 is 19.6 Å². The van der Waals surface area contributed by atoms with Crippen molar-refractivity contribution in [2.75, 3.05) is 33.7 Å². The fraction of sp³-hybridized carbons (Fsp3) is 0.0244. The first-order chi connectivity index (χ1) is 42.5. The lowest BCUT2D eigenvalue weighted by Crippen LogP contribution is -2.10. The molecule has 0 radical (unpaired) electrons. The molecule has 4 nitrogen and oxygen atoms in total. The van der Waals surface area contributed by atoms with Gasteiger partial charge in [-0.1, -0.05) is 237 Å². The van der Waals surface area contributed by atoms with Crippen LogP contribution in [0.15, 0.2) is 352 Å². The molecule has 0 heterocycles. The Hall–Kier alpha value is -11.2. The van der Waals surface area contributed by atoms with Gasteiger partial charge in [0.15, 0.2) is 0 Å². The van der Waals surface area contributed by atoms with Crippen LogP contribution in [-0.2, 0) is 0 Å². The van der Waals surface area contributed by atoms with Gasteiger partial charge in [-0.3, -0.25) is 0 Å². The van der Waals surface area contributed by atoms with Crippen molar-refractivity contribution in [2.24, 2.45) is 0 Å². The Morgan fingerprint density at radius 3 is 0.860 bits per heavy atom. The minimum atomic E-state index is 1.12. The highest BCUT2D eigenvalue weighted by Crippen LogP contribution is 2.40. The van der Waals surface area contributed by atoms with Crippen LogP contribution in [0.4, 0.5) is 56.9 Å². The second-order valence-corrected chi connectivity index (χ2v) is 21.5. The minimum Gasteiger partial charge on any atom is -0.345 e. The molecule has 0 spiro atoms. The molecule has 4 heteroatoms. The largest absolute Gasteiger partial charge is 0.345 e. The average molecular weight is 1110 g/mol. The summed E-state index contributed by atoms with van der Waals surface area (Å²) in [5.74, 6) is 0. The fourth-order valence-electron chi connectivity index (χ4n) is 11.5. The zero-order valence-electron chi connectivity index (χ0n) is 48.3. The summed E-state index contributed by atoms with van der Waals surface area (Å²) in [6.07, 6.45) is 0. The van der Waals surface area contributed by atoms with Crippen molar-refractivity contribution in [2.45, 2.75) is 0 Å². The summed E-state index contributed by atoms with van der Waals surface area (Å²) in [5.41, 5.74) is 21.1. The summed E-state index contributed by atoms with van der Waals surface area (Å²) in [6, 6.07) is 125. The summed E-state index contributed by atoms with van der Waals surface area (Å²) in [5, 5.41) is 5.01. The maximum atomic E-state index is 2.31. The fourth-order valence-corrected chi connectivity index (χ4v) is 11.5. The van der Waals surface area contributed by atoms with Crippen molar-refractivity contribution < 1.29 is 0 Å². The van der Waals surface area contributed by atoms with E-state index in [1.54, 1.807) is 0 Å². The topological polar surface area (TPSA) is 13.0 Å². The lowest BCUT2D eigenvalue weighted by atomic mass is 10.0. The van der Waals surface area contributed by atoms with Gasteiger partial charge in [0.2, 0.25) is 0 Å². The number of hydrogen-bond donors (Lipinski definition) is 0. The molecule has 14 aromatic carbocycles. The van der Waals surface area contributed by atoms with Gasteiger partial charge in [-0.25, -0.2) is 0 Å². The van der Waals surface area contributed by atoms with Crippen LogP contribution in [0.3, 0.4) is 0 Å². The smallest absolute Gasteiger partial charge is 0.0487 e. The lowest BCUT2D eigenvalue weighted by molar-refractivity contribution is 1.21. The predicted molar refractivity (Wildman–Crippen MR) is 368 cm³/mol. The summed E-state index contributed by atoms with van der Waals surface area (Å²) in [7, 11) is 4.26. The lowest BCUT2D eigenvalue weighted by Gasteiger charge is -2.26. The molecule has 0 saturated carbocycles. The van der Waals surface area contributed by atoms with E-state index < -0.39 is 0 Å².